The zero-order valence-electron chi connectivity index (χ0n) is 14.0. The summed E-state index contributed by atoms with van der Waals surface area (Å²) in [6.07, 6.45) is 0.866. The van der Waals surface area contributed by atoms with E-state index >= 15 is 0 Å². The van der Waals surface area contributed by atoms with Gasteiger partial charge in [0.25, 0.3) is 0 Å². The first-order valence-corrected chi connectivity index (χ1v) is 9.60. The molecule has 0 saturated carbocycles. The molecule has 2 N–H and O–H groups in total. The van der Waals surface area contributed by atoms with Crippen LogP contribution < -0.4 is 10.5 Å². The van der Waals surface area contributed by atoms with E-state index in [4.69, 9.17) is 10.5 Å². The Morgan fingerprint density at radius 2 is 2.17 bits per heavy atom. The van der Waals surface area contributed by atoms with E-state index in [1.165, 1.54) is 16.9 Å². The van der Waals surface area contributed by atoms with E-state index in [2.05, 4.69) is 35.2 Å². The Labute approximate surface area is 149 Å². The number of methoxy groups -OCH3 is 1. The zero-order valence-corrected chi connectivity index (χ0v) is 15.6. The first-order chi connectivity index (χ1) is 11.6. The summed E-state index contributed by atoms with van der Waals surface area (Å²) in [6, 6.07) is 7.92. The minimum Gasteiger partial charge on any atom is -0.497 e. The van der Waals surface area contributed by atoms with E-state index in [1.54, 1.807) is 23.4 Å². The van der Waals surface area contributed by atoms with Crippen molar-refractivity contribution in [2.75, 3.05) is 7.11 Å². The highest BCUT2D eigenvalue weighted by atomic mass is 32.2. The first kappa shape index (κ1) is 17.2. The van der Waals surface area contributed by atoms with Crippen molar-refractivity contribution < 1.29 is 4.74 Å². The number of nitrogens with two attached hydrogens (primary N) is 1. The molecule has 0 bridgehead atoms. The van der Waals surface area contributed by atoms with Gasteiger partial charge >= 0.3 is 0 Å². The fourth-order valence-electron chi connectivity index (χ4n) is 2.42. The van der Waals surface area contributed by atoms with Gasteiger partial charge in [-0.3, -0.25) is 0 Å². The number of ether oxygens (including phenoxy) is 1. The quantitative estimate of drug-likeness (QED) is 0.647. The lowest BCUT2D eigenvalue weighted by molar-refractivity contribution is 0.414. The molecular weight excluding hydrogens is 342 g/mol. The number of thioether (sulfide) groups is 1. The third kappa shape index (κ3) is 3.88. The molecular formula is C16H21N5OS2. The van der Waals surface area contributed by atoms with Crippen LogP contribution in [0, 0.1) is 5.92 Å². The lowest BCUT2D eigenvalue weighted by Gasteiger charge is -2.10. The number of hydrogen-bond acceptors (Lipinski definition) is 7. The van der Waals surface area contributed by atoms with Gasteiger partial charge in [-0.05, 0) is 30.0 Å². The molecule has 0 amide bonds. The van der Waals surface area contributed by atoms with E-state index < -0.39 is 0 Å². The SMILES string of the molecule is COc1cccc(CSc2nn3c(C(N)CC(C)C)nnc3s2)c1. The monoisotopic (exact) mass is 363 g/mol. The van der Waals surface area contributed by atoms with Gasteiger partial charge in [-0.15, -0.1) is 15.3 Å². The summed E-state index contributed by atoms with van der Waals surface area (Å²) < 4.78 is 8.00. The van der Waals surface area contributed by atoms with Gasteiger partial charge in [0.15, 0.2) is 10.2 Å². The van der Waals surface area contributed by atoms with Gasteiger partial charge in [0.2, 0.25) is 4.96 Å². The molecule has 3 rings (SSSR count). The van der Waals surface area contributed by atoms with Crippen molar-refractivity contribution in [1.29, 1.82) is 0 Å². The van der Waals surface area contributed by atoms with E-state index in [1.807, 2.05) is 18.2 Å². The summed E-state index contributed by atoms with van der Waals surface area (Å²) in [4.78, 5) is 0.789. The lowest BCUT2D eigenvalue weighted by atomic mass is 10.0. The Hall–Kier alpha value is -1.64. The second-order valence-electron chi connectivity index (χ2n) is 6.00. The minimum atomic E-state index is -0.140. The zero-order chi connectivity index (χ0) is 17.1. The Kier molecular flexibility index (Phi) is 5.37. The predicted octanol–water partition coefficient (Wildman–Crippen LogP) is 3.53. The molecule has 2 aromatic heterocycles. The van der Waals surface area contributed by atoms with Crippen molar-refractivity contribution in [3.63, 3.8) is 0 Å². The van der Waals surface area contributed by atoms with Gasteiger partial charge in [-0.2, -0.15) is 4.52 Å². The summed E-state index contributed by atoms with van der Waals surface area (Å²) in [7, 11) is 1.68. The normalized spacial score (nSPS) is 12.9. The second-order valence-corrected chi connectivity index (χ2v) is 8.18. The van der Waals surface area contributed by atoms with E-state index in [-0.39, 0.29) is 6.04 Å². The van der Waals surface area contributed by atoms with Crippen LogP contribution in [0.3, 0.4) is 0 Å². The van der Waals surface area contributed by atoms with Crippen molar-refractivity contribution in [3.8, 4) is 5.75 Å². The fraction of sp³-hybridized carbons (Fsp3) is 0.438. The van der Waals surface area contributed by atoms with Crippen molar-refractivity contribution >= 4 is 28.1 Å². The molecule has 1 aromatic carbocycles. The summed E-state index contributed by atoms with van der Waals surface area (Å²) >= 11 is 3.22. The highest BCUT2D eigenvalue weighted by Gasteiger charge is 2.18. The third-order valence-corrected chi connectivity index (χ3v) is 5.65. The Bertz CT molecular complexity index is 814. The molecule has 0 radical (unpaired) electrons. The molecule has 6 nitrogen and oxygen atoms in total. The van der Waals surface area contributed by atoms with Crippen molar-refractivity contribution in [2.24, 2.45) is 11.7 Å². The average Bonchev–Trinajstić information content (AvgIpc) is 3.12. The van der Waals surface area contributed by atoms with Crippen LogP contribution in [0.1, 0.15) is 37.7 Å². The molecule has 8 heteroatoms. The van der Waals surface area contributed by atoms with Gasteiger partial charge < -0.3 is 10.5 Å². The summed E-state index contributed by atoms with van der Waals surface area (Å²) in [5, 5.41) is 13.0. The second kappa shape index (κ2) is 7.50. The predicted molar refractivity (Wildman–Crippen MR) is 97.6 cm³/mol. The molecule has 0 aliphatic heterocycles. The summed E-state index contributed by atoms with van der Waals surface area (Å²) in [6.45, 7) is 4.29. The first-order valence-electron chi connectivity index (χ1n) is 7.80. The minimum absolute atomic E-state index is 0.140. The molecule has 2 heterocycles. The molecule has 0 fully saturated rings. The topological polar surface area (TPSA) is 78.3 Å². The van der Waals surface area contributed by atoms with Crippen molar-refractivity contribution in [2.45, 2.75) is 36.4 Å². The van der Waals surface area contributed by atoms with E-state index in [0.29, 0.717) is 5.92 Å². The van der Waals surface area contributed by atoms with Crippen molar-refractivity contribution in [3.05, 3.63) is 35.7 Å². The Morgan fingerprint density at radius 3 is 2.92 bits per heavy atom. The van der Waals surface area contributed by atoms with Crippen LogP contribution >= 0.6 is 23.1 Å². The van der Waals surface area contributed by atoms with Gasteiger partial charge in [0.1, 0.15) is 5.75 Å². The average molecular weight is 364 g/mol. The number of benzene rings is 1. The summed E-state index contributed by atoms with van der Waals surface area (Å²) in [5.74, 6) is 2.94. The maximum atomic E-state index is 6.23. The van der Waals surface area contributed by atoms with Gasteiger partial charge in [-0.25, -0.2) is 0 Å². The highest BCUT2D eigenvalue weighted by Crippen LogP contribution is 2.29. The standard InChI is InChI=1S/C16H21N5OS2/c1-10(2)7-13(17)14-18-19-15-21(14)20-16(24-15)23-9-11-5-4-6-12(8-11)22-3/h4-6,8,10,13H,7,9,17H2,1-3H3. The molecule has 128 valence electrons. The number of rotatable bonds is 7. The van der Waals surface area contributed by atoms with Crippen LogP contribution in [0.5, 0.6) is 5.75 Å². The largest absolute Gasteiger partial charge is 0.497 e. The molecule has 0 saturated heterocycles. The molecule has 0 aliphatic rings. The van der Waals surface area contributed by atoms with Crippen LogP contribution in [0.15, 0.2) is 28.6 Å². The fourth-order valence-corrected chi connectivity index (χ4v) is 4.25. The Morgan fingerprint density at radius 1 is 1.33 bits per heavy atom. The smallest absolute Gasteiger partial charge is 0.235 e. The maximum absolute atomic E-state index is 6.23. The molecule has 3 aromatic rings. The summed E-state index contributed by atoms with van der Waals surface area (Å²) in [5.41, 5.74) is 7.43. The van der Waals surface area contributed by atoms with Gasteiger partial charge in [-0.1, -0.05) is 49.1 Å². The number of fused-ring (bicyclic) bond motifs is 1. The molecule has 0 spiro atoms. The molecule has 0 aliphatic carbocycles. The Balaban J connectivity index is 1.73. The van der Waals surface area contributed by atoms with Crippen LogP contribution in [0.25, 0.3) is 4.96 Å². The van der Waals surface area contributed by atoms with Crippen LogP contribution in [-0.2, 0) is 5.75 Å². The van der Waals surface area contributed by atoms with Crippen molar-refractivity contribution in [1.82, 2.24) is 19.8 Å². The number of aromatic nitrogens is 4. The van der Waals surface area contributed by atoms with Gasteiger partial charge in [0, 0.05) is 5.75 Å². The molecule has 1 atom stereocenters. The van der Waals surface area contributed by atoms with Crippen LogP contribution in [0.2, 0.25) is 0 Å². The number of nitrogens with zero attached hydrogens (tertiary/aromatic N) is 4. The third-order valence-electron chi connectivity index (χ3n) is 3.55. The highest BCUT2D eigenvalue weighted by molar-refractivity contribution is 8.00. The number of hydrogen-bond donors (Lipinski definition) is 1. The van der Waals surface area contributed by atoms with Gasteiger partial charge in [0.05, 0.1) is 13.2 Å². The van der Waals surface area contributed by atoms with E-state index in [9.17, 15) is 0 Å². The van der Waals surface area contributed by atoms with Crippen LogP contribution in [0.4, 0.5) is 0 Å². The van der Waals surface area contributed by atoms with Crippen LogP contribution in [-0.4, -0.2) is 26.9 Å². The maximum Gasteiger partial charge on any atom is 0.235 e. The lowest BCUT2D eigenvalue weighted by Crippen LogP contribution is -2.16. The van der Waals surface area contributed by atoms with E-state index in [0.717, 1.165) is 33.0 Å². The molecule has 1 unspecified atom stereocenters. The molecule has 24 heavy (non-hydrogen) atoms.